The number of nitrogens with zero attached hydrogens (tertiary/aromatic N) is 2. The molecular formula is C18H23N5O. The van der Waals surface area contributed by atoms with Crippen molar-refractivity contribution >= 4 is 11.8 Å². The van der Waals surface area contributed by atoms with Crippen molar-refractivity contribution in [2.24, 2.45) is 0 Å². The van der Waals surface area contributed by atoms with Crippen LogP contribution in [-0.2, 0) is 24.0 Å². The third-order valence-electron chi connectivity index (χ3n) is 4.75. The lowest BCUT2D eigenvalue weighted by Crippen LogP contribution is -2.24. The van der Waals surface area contributed by atoms with E-state index >= 15 is 0 Å². The number of benzene rings is 1. The smallest absolute Gasteiger partial charge is 0.222 e. The number of anilines is 2. The van der Waals surface area contributed by atoms with Crippen molar-refractivity contribution in [1.29, 1.82) is 0 Å². The van der Waals surface area contributed by atoms with Crippen molar-refractivity contribution in [3.63, 3.8) is 0 Å². The Kier molecular flexibility index (Phi) is 4.32. The summed E-state index contributed by atoms with van der Waals surface area (Å²) in [6, 6.07) is 8.50. The zero-order valence-corrected chi connectivity index (χ0v) is 13.7. The van der Waals surface area contributed by atoms with E-state index in [1.54, 1.807) is 0 Å². The molecule has 0 aliphatic carbocycles. The van der Waals surface area contributed by atoms with Crippen molar-refractivity contribution in [3.05, 3.63) is 46.6 Å². The summed E-state index contributed by atoms with van der Waals surface area (Å²) in [6.07, 6.45) is 2.83. The normalized spacial score (nSPS) is 19.9. The van der Waals surface area contributed by atoms with E-state index < -0.39 is 0 Å². The van der Waals surface area contributed by atoms with E-state index in [4.69, 9.17) is 10.5 Å². The minimum Gasteiger partial charge on any atom is -0.371 e. The van der Waals surface area contributed by atoms with Crippen LogP contribution in [0.4, 0.5) is 11.8 Å². The Labute approximate surface area is 141 Å². The molecule has 2 aliphatic heterocycles. The molecule has 4 rings (SSSR count). The van der Waals surface area contributed by atoms with Crippen LogP contribution in [0.1, 0.15) is 28.5 Å². The van der Waals surface area contributed by atoms with Crippen LogP contribution in [0.25, 0.3) is 0 Å². The fourth-order valence-electron chi connectivity index (χ4n) is 3.55. The van der Waals surface area contributed by atoms with Gasteiger partial charge in [-0.25, -0.2) is 4.98 Å². The van der Waals surface area contributed by atoms with Crippen LogP contribution < -0.4 is 16.4 Å². The first-order chi connectivity index (χ1) is 11.8. The van der Waals surface area contributed by atoms with E-state index in [0.717, 1.165) is 50.5 Å². The first-order valence-corrected chi connectivity index (χ1v) is 8.60. The zero-order chi connectivity index (χ0) is 16.4. The van der Waals surface area contributed by atoms with E-state index in [1.807, 2.05) is 0 Å². The van der Waals surface area contributed by atoms with Crippen molar-refractivity contribution in [3.8, 4) is 0 Å². The van der Waals surface area contributed by atoms with Gasteiger partial charge in [0.05, 0.1) is 18.4 Å². The molecule has 6 heteroatoms. The van der Waals surface area contributed by atoms with Gasteiger partial charge in [0, 0.05) is 25.1 Å². The third kappa shape index (κ3) is 3.07. The molecule has 0 amide bonds. The van der Waals surface area contributed by atoms with Gasteiger partial charge in [0.15, 0.2) is 0 Å². The van der Waals surface area contributed by atoms with Crippen LogP contribution in [0.2, 0.25) is 0 Å². The number of hydrogen-bond donors (Lipinski definition) is 3. The lowest BCUT2D eigenvalue weighted by molar-refractivity contribution is 0.0513. The van der Waals surface area contributed by atoms with Crippen molar-refractivity contribution in [2.75, 3.05) is 37.3 Å². The molecule has 0 bridgehead atoms. The number of aromatic nitrogens is 2. The molecule has 126 valence electrons. The van der Waals surface area contributed by atoms with Gasteiger partial charge in [0.2, 0.25) is 5.95 Å². The van der Waals surface area contributed by atoms with Gasteiger partial charge in [-0.2, -0.15) is 4.98 Å². The van der Waals surface area contributed by atoms with Crippen molar-refractivity contribution in [1.82, 2.24) is 15.3 Å². The van der Waals surface area contributed by atoms with Crippen LogP contribution in [0.5, 0.6) is 0 Å². The second kappa shape index (κ2) is 6.75. The van der Waals surface area contributed by atoms with Gasteiger partial charge in [-0.05, 0) is 30.5 Å². The molecule has 0 fully saturated rings. The van der Waals surface area contributed by atoms with Crippen LogP contribution in [0.15, 0.2) is 24.3 Å². The SMILES string of the molecule is Nc1nc2c(c(NC[C@H]3OCCc4ccccc43)n1)CCNCC2. The zero-order valence-electron chi connectivity index (χ0n) is 13.7. The summed E-state index contributed by atoms with van der Waals surface area (Å²) in [4.78, 5) is 8.86. The lowest BCUT2D eigenvalue weighted by atomic mass is 9.97. The Morgan fingerprint density at radius 2 is 2.04 bits per heavy atom. The molecule has 0 saturated heterocycles. The van der Waals surface area contributed by atoms with Gasteiger partial charge < -0.3 is 21.1 Å². The monoisotopic (exact) mass is 325 g/mol. The number of hydrogen-bond acceptors (Lipinski definition) is 6. The van der Waals surface area contributed by atoms with Gasteiger partial charge >= 0.3 is 0 Å². The Hall–Kier alpha value is -2.18. The number of nitrogen functional groups attached to an aromatic ring is 1. The molecule has 0 spiro atoms. The lowest BCUT2D eigenvalue weighted by Gasteiger charge is -2.27. The highest BCUT2D eigenvalue weighted by Crippen LogP contribution is 2.28. The predicted molar refractivity (Wildman–Crippen MR) is 94.1 cm³/mol. The maximum atomic E-state index is 5.98. The molecule has 2 aromatic rings. The maximum absolute atomic E-state index is 5.98. The fraction of sp³-hybridized carbons (Fsp3) is 0.444. The molecule has 0 unspecified atom stereocenters. The Balaban J connectivity index is 1.56. The van der Waals surface area contributed by atoms with E-state index in [1.165, 1.54) is 16.7 Å². The predicted octanol–water partition coefficient (Wildman–Crippen LogP) is 1.47. The summed E-state index contributed by atoms with van der Waals surface area (Å²) in [5.74, 6) is 1.19. The highest BCUT2D eigenvalue weighted by Gasteiger charge is 2.22. The summed E-state index contributed by atoms with van der Waals surface area (Å²) in [6.45, 7) is 3.32. The van der Waals surface area contributed by atoms with Crippen molar-refractivity contribution in [2.45, 2.75) is 25.4 Å². The molecule has 0 saturated carbocycles. The largest absolute Gasteiger partial charge is 0.371 e. The molecule has 3 heterocycles. The minimum atomic E-state index is 0.0469. The molecule has 1 atom stereocenters. The third-order valence-corrected chi connectivity index (χ3v) is 4.75. The number of fused-ring (bicyclic) bond motifs is 2. The van der Waals surface area contributed by atoms with E-state index in [-0.39, 0.29) is 6.10 Å². The van der Waals surface area contributed by atoms with E-state index in [0.29, 0.717) is 12.5 Å². The molecular weight excluding hydrogens is 302 g/mol. The number of nitrogens with one attached hydrogen (secondary N) is 2. The van der Waals surface area contributed by atoms with Crippen LogP contribution >= 0.6 is 0 Å². The maximum Gasteiger partial charge on any atom is 0.222 e. The van der Waals surface area contributed by atoms with Crippen LogP contribution in [0.3, 0.4) is 0 Å². The van der Waals surface area contributed by atoms with Gasteiger partial charge in [-0.1, -0.05) is 24.3 Å². The summed E-state index contributed by atoms with van der Waals surface area (Å²) >= 11 is 0. The number of rotatable bonds is 3. The molecule has 24 heavy (non-hydrogen) atoms. The molecule has 1 aromatic heterocycles. The topological polar surface area (TPSA) is 85.1 Å². The van der Waals surface area contributed by atoms with Gasteiger partial charge in [-0.3, -0.25) is 0 Å². The van der Waals surface area contributed by atoms with Crippen LogP contribution in [-0.4, -0.2) is 36.2 Å². The second-order valence-corrected chi connectivity index (χ2v) is 6.29. The highest BCUT2D eigenvalue weighted by atomic mass is 16.5. The summed E-state index contributed by atoms with van der Waals surface area (Å²) < 4.78 is 5.98. The van der Waals surface area contributed by atoms with Gasteiger partial charge in [0.1, 0.15) is 5.82 Å². The van der Waals surface area contributed by atoms with Gasteiger partial charge in [0.25, 0.3) is 0 Å². The fourth-order valence-corrected chi connectivity index (χ4v) is 3.55. The van der Waals surface area contributed by atoms with E-state index in [9.17, 15) is 0 Å². The first kappa shape index (κ1) is 15.4. The summed E-state index contributed by atoms with van der Waals surface area (Å²) in [7, 11) is 0. The van der Waals surface area contributed by atoms with Crippen molar-refractivity contribution < 1.29 is 4.74 Å². The minimum absolute atomic E-state index is 0.0469. The van der Waals surface area contributed by atoms with E-state index in [2.05, 4.69) is 44.9 Å². The van der Waals surface area contributed by atoms with Crippen LogP contribution in [0, 0.1) is 0 Å². The Morgan fingerprint density at radius 3 is 3.00 bits per heavy atom. The molecule has 6 nitrogen and oxygen atoms in total. The standard InChI is InChI=1S/C18H23N5O/c19-18-22-15-6-9-20-8-5-14(15)17(23-18)21-11-16-13-4-2-1-3-12(13)7-10-24-16/h1-4,16,20H,5-11H2,(H3,19,21,22,23)/t16-/m1/s1. The van der Waals surface area contributed by atoms with Gasteiger partial charge in [-0.15, -0.1) is 0 Å². The summed E-state index contributed by atoms with van der Waals surface area (Å²) in [5, 5.41) is 6.87. The molecule has 2 aliphatic rings. The molecule has 4 N–H and O–H groups in total. The summed E-state index contributed by atoms with van der Waals surface area (Å²) in [5.41, 5.74) is 10.8. The quantitative estimate of drug-likeness (QED) is 0.792. The number of ether oxygens (including phenoxy) is 1. The number of nitrogens with two attached hydrogens (primary N) is 1. The second-order valence-electron chi connectivity index (χ2n) is 6.29. The average molecular weight is 325 g/mol. The first-order valence-electron chi connectivity index (χ1n) is 8.60. The molecule has 1 aromatic carbocycles. The highest BCUT2D eigenvalue weighted by molar-refractivity contribution is 5.51. The Morgan fingerprint density at radius 1 is 1.17 bits per heavy atom. The average Bonchev–Trinajstić information content (AvgIpc) is 2.85. The molecule has 0 radical (unpaired) electrons. The Bertz CT molecular complexity index is 733.